The first-order valence-corrected chi connectivity index (χ1v) is 9.57. The van der Waals surface area contributed by atoms with Crippen molar-refractivity contribution in [2.24, 2.45) is 11.0 Å². The Kier molecular flexibility index (Phi) is 5.86. The second kappa shape index (κ2) is 7.74. The van der Waals surface area contributed by atoms with Gasteiger partial charge in [0.2, 0.25) is 0 Å². The Morgan fingerprint density at radius 3 is 2.42 bits per heavy atom. The van der Waals surface area contributed by atoms with Crippen molar-refractivity contribution in [2.75, 3.05) is 0 Å². The summed E-state index contributed by atoms with van der Waals surface area (Å²) in [5.41, 5.74) is 0.0589. The fourth-order valence-corrected chi connectivity index (χ4v) is 3.30. The van der Waals surface area contributed by atoms with Crippen LogP contribution in [0.15, 0.2) is 49.5 Å². The van der Waals surface area contributed by atoms with Crippen molar-refractivity contribution in [1.82, 2.24) is 4.83 Å². The highest BCUT2D eigenvalue weighted by atomic mass is 32.2. The SMILES string of the molecule is CC(=NNS(=O)(=O)c1ccc(CC(C)C)cc1)c1c(O)cc(C)oc1=O. The quantitative estimate of drug-likeness (QED) is 0.593. The maximum Gasteiger partial charge on any atom is 0.348 e. The van der Waals surface area contributed by atoms with Crippen LogP contribution in [-0.4, -0.2) is 19.2 Å². The summed E-state index contributed by atoms with van der Waals surface area (Å²) in [6, 6.07) is 7.78. The summed E-state index contributed by atoms with van der Waals surface area (Å²) >= 11 is 0. The minimum atomic E-state index is -3.89. The zero-order valence-corrected chi connectivity index (χ0v) is 15.9. The van der Waals surface area contributed by atoms with Gasteiger partial charge in [0.15, 0.2) is 0 Å². The van der Waals surface area contributed by atoms with E-state index in [0.717, 1.165) is 12.0 Å². The van der Waals surface area contributed by atoms with E-state index in [2.05, 4.69) is 23.8 Å². The summed E-state index contributed by atoms with van der Waals surface area (Å²) in [7, 11) is -3.89. The fourth-order valence-electron chi connectivity index (χ4n) is 2.44. The average molecular weight is 378 g/mol. The van der Waals surface area contributed by atoms with Crippen molar-refractivity contribution in [1.29, 1.82) is 0 Å². The third-order valence-electron chi connectivity index (χ3n) is 3.63. The van der Waals surface area contributed by atoms with Gasteiger partial charge in [-0.15, -0.1) is 0 Å². The highest BCUT2D eigenvalue weighted by molar-refractivity contribution is 7.89. The van der Waals surface area contributed by atoms with E-state index in [0.29, 0.717) is 5.92 Å². The van der Waals surface area contributed by atoms with Gasteiger partial charge in [-0.3, -0.25) is 0 Å². The lowest BCUT2D eigenvalue weighted by molar-refractivity contribution is 0.432. The summed E-state index contributed by atoms with van der Waals surface area (Å²) in [5.74, 6) is 0.389. The second-order valence-electron chi connectivity index (χ2n) is 6.44. The Hall–Kier alpha value is -2.61. The van der Waals surface area contributed by atoms with E-state index in [1.54, 1.807) is 12.1 Å². The predicted octanol–water partition coefficient (Wildman–Crippen LogP) is 2.55. The summed E-state index contributed by atoms with van der Waals surface area (Å²) < 4.78 is 29.6. The van der Waals surface area contributed by atoms with E-state index in [1.807, 2.05) is 0 Å². The summed E-state index contributed by atoms with van der Waals surface area (Å²) in [5, 5.41) is 13.6. The van der Waals surface area contributed by atoms with Crippen LogP contribution >= 0.6 is 0 Å². The molecule has 7 nitrogen and oxygen atoms in total. The first kappa shape index (κ1) is 19.7. The molecule has 140 valence electrons. The largest absolute Gasteiger partial charge is 0.507 e. The van der Waals surface area contributed by atoms with Gasteiger partial charge in [-0.2, -0.15) is 18.4 Å². The third kappa shape index (κ3) is 4.72. The molecule has 0 bridgehead atoms. The molecule has 0 saturated heterocycles. The van der Waals surface area contributed by atoms with Crippen LogP contribution in [0.4, 0.5) is 0 Å². The van der Waals surface area contributed by atoms with Gasteiger partial charge < -0.3 is 9.52 Å². The summed E-state index contributed by atoms with van der Waals surface area (Å²) in [6.07, 6.45) is 0.855. The number of sulfonamides is 1. The first-order chi connectivity index (χ1) is 12.1. The van der Waals surface area contributed by atoms with Gasteiger partial charge in [-0.05, 0) is 43.9 Å². The summed E-state index contributed by atoms with van der Waals surface area (Å²) in [6.45, 7) is 7.08. The van der Waals surface area contributed by atoms with Gasteiger partial charge in [0.05, 0.1) is 10.6 Å². The van der Waals surface area contributed by atoms with E-state index in [-0.39, 0.29) is 27.7 Å². The minimum Gasteiger partial charge on any atom is -0.507 e. The third-order valence-corrected chi connectivity index (χ3v) is 4.85. The molecule has 0 atom stereocenters. The van der Waals surface area contributed by atoms with Crippen LogP contribution in [-0.2, 0) is 16.4 Å². The van der Waals surface area contributed by atoms with Crippen molar-refractivity contribution in [3.63, 3.8) is 0 Å². The number of hydrazone groups is 1. The molecule has 1 heterocycles. The highest BCUT2D eigenvalue weighted by Gasteiger charge is 2.16. The van der Waals surface area contributed by atoms with E-state index in [4.69, 9.17) is 4.42 Å². The van der Waals surface area contributed by atoms with Crippen LogP contribution in [0, 0.1) is 12.8 Å². The number of aromatic hydroxyl groups is 1. The lowest BCUT2D eigenvalue weighted by Crippen LogP contribution is -2.22. The van der Waals surface area contributed by atoms with Gasteiger partial charge >= 0.3 is 5.63 Å². The van der Waals surface area contributed by atoms with Gasteiger partial charge in [0.25, 0.3) is 10.0 Å². The van der Waals surface area contributed by atoms with Crippen molar-refractivity contribution in [2.45, 2.75) is 39.0 Å². The van der Waals surface area contributed by atoms with Crippen LogP contribution < -0.4 is 10.5 Å². The van der Waals surface area contributed by atoms with Crippen molar-refractivity contribution in [3.05, 3.63) is 57.6 Å². The zero-order chi connectivity index (χ0) is 19.5. The normalized spacial score (nSPS) is 12.4. The van der Waals surface area contributed by atoms with Crippen LogP contribution in [0.5, 0.6) is 5.75 Å². The zero-order valence-electron chi connectivity index (χ0n) is 15.1. The van der Waals surface area contributed by atoms with Gasteiger partial charge in [0, 0.05) is 6.07 Å². The van der Waals surface area contributed by atoms with Crippen LogP contribution in [0.1, 0.15) is 37.7 Å². The molecular weight excluding hydrogens is 356 g/mol. The van der Waals surface area contributed by atoms with E-state index >= 15 is 0 Å². The van der Waals surface area contributed by atoms with E-state index < -0.39 is 15.6 Å². The molecule has 0 aliphatic rings. The number of nitrogens with zero attached hydrogens (tertiary/aromatic N) is 1. The van der Waals surface area contributed by atoms with Gasteiger partial charge in [-0.25, -0.2) is 4.79 Å². The minimum absolute atomic E-state index is 0.00347. The molecule has 1 aromatic carbocycles. The molecule has 0 amide bonds. The molecule has 0 spiro atoms. The maximum atomic E-state index is 12.3. The second-order valence-corrected chi connectivity index (χ2v) is 8.10. The van der Waals surface area contributed by atoms with Gasteiger partial charge in [-0.1, -0.05) is 26.0 Å². The fraction of sp³-hybridized carbons (Fsp3) is 0.333. The number of nitrogens with one attached hydrogen (secondary N) is 1. The molecule has 0 radical (unpaired) electrons. The molecule has 0 unspecified atom stereocenters. The molecule has 2 N–H and O–H groups in total. The molecule has 0 saturated carbocycles. The van der Waals surface area contributed by atoms with Crippen LogP contribution in [0.3, 0.4) is 0 Å². The monoisotopic (exact) mass is 378 g/mol. The van der Waals surface area contributed by atoms with Crippen LogP contribution in [0.2, 0.25) is 0 Å². The molecule has 0 aliphatic heterocycles. The predicted molar refractivity (Wildman–Crippen MR) is 98.9 cm³/mol. The molecule has 0 fully saturated rings. The molecule has 1 aromatic heterocycles. The molecule has 8 heteroatoms. The lowest BCUT2D eigenvalue weighted by Gasteiger charge is -2.08. The Morgan fingerprint density at radius 1 is 1.27 bits per heavy atom. The highest BCUT2D eigenvalue weighted by Crippen LogP contribution is 2.16. The molecule has 2 aromatic rings. The Balaban J connectivity index is 2.24. The van der Waals surface area contributed by atoms with Crippen LogP contribution in [0.25, 0.3) is 0 Å². The smallest absolute Gasteiger partial charge is 0.348 e. The average Bonchev–Trinajstić information content (AvgIpc) is 2.52. The number of hydrogen-bond acceptors (Lipinski definition) is 6. The molecule has 2 rings (SSSR count). The molecular formula is C18H22N2O5S. The topological polar surface area (TPSA) is 109 Å². The number of hydrogen-bond donors (Lipinski definition) is 2. The Labute approximate surface area is 152 Å². The Morgan fingerprint density at radius 2 is 1.88 bits per heavy atom. The molecule has 26 heavy (non-hydrogen) atoms. The number of benzene rings is 1. The van der Waals surface area contributed by atoms with Crippen molar-refractivity contribution < 1.29 is 17.9 Å². The van der Waals surface area contributed by atoms with E-state index in [9.17, 15) is 18.3 Å². The van der Waals surface area contributed by atoms with E-state index in [1.165, 1.54) is 32.0 Å². The number of aryl methyl sites for hydroxylation is 1. The Bertz CT molecular complexity index is 974. The first-order valence-electron chi connectivity index (χ1n) is 8.09. The number of rotatable bonds is 6. The lowest BCUT2D eigenvalue weighted by atomic mass is 10.0. The van der Waals surface area contributed by atoms with Crippen molar-refractivity contribution >= 4 is 15.7 Å². The summed E-state index contributed by atoms with van der Waals surface area (Å²) in [4.78, 5) is 14.0. The van der Waals surface area contributed by atoms with Gasteiger partial charge in [0.1, 0.15) is 17.1 Å². The maximum absolute atomic E-state index is 12.3. The van der Waals surface area contributed by atoms with Crippen molar-refractivity contribution in [3.8, 4) is 5.75 Å². The standard InChI is InChI=1S/C18H22N2O5S/c1-11(2)9-14-5-7-15(8-6-14)26(23,24)20-19-13(4)17-16(21)10-12(3)25-18(17)22/h5-8,10-11,20-21H,9H2,1-4H3. The molecule has 0 aliphatic carbocycles.